The van der Waals surface area contributed by atoms with Crippen molar-refractivity contribution in [3.8, 4) is 11.5 Å². The SMILES string of the molecule is CCOc1ccc(C(N)C(C)(CC)OCC)cc1OCC. The molecule has 0 fully saturated rings. The zero-order valence-corrected chi connectivity index (χ0v) is 13.9. The Labute approximate surface area is 128 Å². The summed E-state index contributed by atoms with van der Waals surface area (Å²) in [6.45, 7) is 11.9. The van der Waals surface area contributed by atoms with Crippen LogP contribution in [-0.2, 0) is 4.74 Å². The molecule has 2 unspecified atom stereocenters. The number of nitrogens with two attached hydrogens (primary N) is 1. The first-order valence-corrected chi connectivity index (χ1v) is 7.81. The Hall–Kier alpha value is -1.26. The molecule has 0 saturated heterocycles. The Kier molecular flexibility index (Phi) is 6.99. The van der Waals surface area contributed by atoms with E-state index < -0.39 is 0 Å². The second kappa shape index (κ2) is 8.25. The number of rotatable bonds is 9. The lowest BCUT2D eigenvalue weighted by atomic mass is 9.88. The first-order valence-electron chi connectivity index (χ1n) is 7.81. The molecule has 0 bridgehead atoms. The van der Waals surface area contributed by atoms with E-state index >= 15 is 0 Å². The maximum atomic E-state index is 6.44. The zero-order chi connectivity index (χ0) is 15.9. The largest absolute Gasteiger partial charge is 0.490 e. The summed E-state index contributed by atoms with van der Waals surface area (Å²) in [5, 5.41) is 0. The van der Waals surface area contributed by atoms with Crippen LogP contribution < -0.4 is 15.2 Å². The Morgan fingerprint density at radius 3 is 2.14 bits per heavy atom. The summed E-state index contributed by atoms with van der Waals surface area (Å²) < 4.78 is 17.1. The van der Waals surface area contributed by atoms with Gasteiger partial charge in [0.25, 0.3) is 0 Å². The van der Waals surface area contributed by atoms with Gasteiger partial charge in [-0.3, -0.25) is 0 Å². The number of hydrogen-bond donors (Lipinski definition) is 1. The summed E-state index contributed by atoms with van der Waals surface area (Å²) in [6, 6.07) is 5.67. The van der Waals surface area contributed by atoms with Gasteiger partial charge in [-0.25, -0.2) is 0 Å². The molecule has 2 atom stereocenters. The summed E-state index contributed by atoms with van der Waals surface area (Å²) in [5.74, 6) is 1.49. The molecule has 1 rings (SSSR count). The fourth-order valence-corrected chi connectivity index (χ4v) is 2.36. The van der Waals surface area contributed by atoms with Gasteiger partial charge in [-0.1, -0.05) is 13.0 Å². The third-order valence-electron chi connectivity index (χ3n) is 3.76. The third kappa shape index (κ3) is 4.35. The summed E-state index contributed by atoms with van der Waals surface area (Å²) in [5.41, 5.74) is 7.05. The van der Waals surface area contributed by atoms with Crippen molar-refractivity contribution < 1.29 is 14.2 Å². The molecule has 0 spiro atoms. The van der Waals surface area contributed by atoms with Crippen molar-refractivity contribution >= 4 is 0 Å². The fraction of sp³-hybridized carbons (Fsp3) is 0.647. The van der Waals surface area contributed by atoms with E-state index in [0.717, 1.165) is 23.5 Å². The highest BCUT2D eigenvalue weighted by Crippen LogP contribution is 2.35. The minimum Gasteiger partial charge on any atom is -0.490 e. The van der Waals surface area contributed by atoms with Crippen molar-refractivity contribution in [1.82, 2.24) is 0 Å². The molecule has 2 N–H and O–H groups in total. The van der Waals surface area contributed by atoms with Crippen LogP contribution in [-0.4, -0.2) is 25.4 Å². The average molecular weight is 295 g/mol. The summed E-state index contributed by atoms with van der Waals surface area (Å²) in [7, 11) is 0. The van der Waals surface area contributed by atoms with Gasteiger partial charge in [0, 0.05) is 6.61 Å². The molecule has 0 heterocycles. The predicted molar refractivity (Wildman–Crippen MR) is 86.0 cm³/mol. The van der Waals surface area contributed by atoms with Crippen LogP contribution in [0.3, 0.4) is 0 Å². The maximum absolute atomic E-state index is 6.44. The van der Waals surface area contributed by atoms with Gasteiger partial charge >= 0.3 is 0 Å². The van der Waals surface area contributed by atoms with E-state index in [-0.39, 0.29) is 11.6 Å². The molecular weight excluding hydrogens is 266 g/mol. The highest BCUT2D eigenvalue weighted by atomic mass is 16.5. The summed E-state index contributed by atoms with van der Waals surface area (Å²) in [6.07, 6.45) is 0.846. The van der Waals surface area contributed by atoms with Crippen molar-refractivity contribution in [2.45, 2.75) is 52.7 Å². The van der Waals surface area contributed by atoms with Gasteiger partial charge in [-0.05, 0) is 51.8 Å². The molecule has 1 aromatic rings. The smallest absolute Gasteiger partial charge is 0.161 e. The number of hydrogen-bond acceptors (Lipinski definition) is 4. The lowest BCUT2D eigenvalue weighted by Gasteiger charge is -2.35. The fourth-order valence-electron chi connectivity index (χ4n) is 2.36. The molecule has 120 valence electrons. The molecule has 4 nitrogen and oxygen atoms in total. The van der Waals surface area contributed by atoms with Crippen LogP contribution in [0.15, 0.2) is 18.2 Å². The molecule has 0 aromatic heterocycles. The first-order chi connectivity index (χ1) is 10.0. The van der Waals surface area contributed by atoms with Crippen LogP contribution in [0, 0.1) is 0 Å². The maximum Gasteiger partial charge on any atom is 0.161 e. The van der Waals surface area contributed by atoms with Gasteiger partial charge in [0.05, 0.1) is 24.9 Å². The van der Waals surface area contributed by atoms with Gasteiger partial charge in [-0.15, -0.1) is 0 Å². The zero-order valence-electron chi connectivity index (χ0n) is 13.9. The van der Waals surface area contributed by atoms with Crippen molar-refractivity contribution in [1.29, 1.82) is 0 Å². The van der Waals surface area contributed by atoms with E-state index in [4.69, 9.17) is 19.9 Å². The van der Waals surface area contributed by atoms with Gasteiger partial charge in [-0.2, -0.15) is 0 Å². The van der Waals surface area contributed by atoms with E-state index in [2.05, 4.69) is 13.8 Å². The van der Waals surface area contributed by atoms with Crippen molar-refractivity contribution in [2.24, 2.45) is 5.73 Å². The van der Waals surface area contributed by atoms with E-state index in [1.54, 1.807) is 0 Å². The molecule has 4 heteroatoms. The van der Waals surface area contributed by atoms with Crippen molar-refractivity contribution in [2.75, 3.05) is 19.8 Å². The highest BCUT2D eigenvalue weighted by Gasteiger charge is 2.32. The molecule has 0 aliphatic carbocycles. The molecule has 0 aliphatic heterocycles. The van der Waals surface area contributed by atoms with Crippen LogP contribution in [0.25, 0.3) is 0 Å². The van der Waals surface area contributed by atoms with Gasteiger partial charge in [0.2, 0.25) is 0 Å². The summed E-state index contributed by atoms with van der Waals surface area (Å²) in [4.78, 5) is 0. The lowest BCUT2D eigenvalue weighted by Crippen LogP contribution is -2.40. The van der Waals surface area contributed by atoms with Gasteiger partial charge in [0.15, 0.2) is 11.5 Å². The molecule has 1 aromatic carbocycles. The molecule has 0 amide bonds. The van der Waals surface area contributed by atoms with Crippen LogP contribution in [0.4, 0.5) is 0 Å². The Balaban J connectivity index is 3.09. The van der Waals surface area contributed by atoms with Crippen molar-refractivity contribution in [3.63, 3.8) is 0 Å². The van der Waals surface area contributed by atoms with Crippen LogP contribution in [0.2, 0.25) is 0 Å². The second-order valence-corrected chi connectivity index (χ2v) is 5.15. The standard InChI is InChI=1S/C17H29NO3/c1-6-17(5,21-9-4)16(18)13-10-11-14(19-7-2)15(12-13)20-8-3/h10-12,16H,6-9,18H2,1-5H3. The quantitative estimate of drug-likeness (QED) is 0.755. The van der Waals surface area contributed by atoms with Gasteiger partial charge in [0.1, 0.15) is 0 Å². The minimum atomic E-state index is -0.384. The van der Waals surface area contributed by atoms with E-state index in [1.807, 2.05) is 39.0 Å². The van der Waals surface area contributed by atoms with Gasteiger partial charge < -0.3 is 19.9 Å². The molecule has 0 saturated carbocycles. The van der Waals surface area contributed by atoms with E-state index in [9.17, 15) is 0 Å². The topological polar surface area (TPSA) is 53.7 Å². The minimum absolute atomic E-state index is 0.211. The monoisotopic (exact) mass is 295 g/mol. The third-order valence-corrected chi connectivity index (χ3v) is 3.76. The Morgan fingerprint density at radius 2 is 1.62 bits per heavy atom. The Bertz CT molecular complexity index is 436. The van der Waals surface area contributed by atoms with E-state index in [0.29, 0.717) is 19.8 Å². The number of benzene rings is 1. The molecular formula is C17H29NO3. The highest BCUT2D eigenvalue weighted by molar-refractivity contribution is 5.44. The van der Waals surface area contributed by atoms with Crippen LogP contribution in [0.1, 0.15) is 52.6 Å². The average Bonchev–Trinajstić information content (AvgIpc) is 2.49. The Morgan fingerprint density at radius 1 is 1.00 bits per heavy atom. The first kappa shape index (κ1) is 17.8. The molecule has 0 aliphatic rings. The van der Waals surface area contributed by atoms with E-state index in [1.165, 1.54) is 0 Å². The number of ether oxygens (including phenoxy) is 3. The lowest BCUT2D eigenvalue weighted by molar-refractivity contribution is -0.0472. The normalized spacial score (nSPS) is 15.3. The van der Waals surface area contributed by atoms with Crippen LogP contribution in [0.5, 0.6) is 11.5 Å². The molecule has 21 heavy (non-hydrogen) atoms. The van der Waals surface area contributed by atoms with Crippen LogP contribution >= 0.6 is 0 Å². The predicted octanol–water partition coefficient (Wildman–Crippen LogP) is 3.69. The molecule has 0 radical (unpaired) electrons. The summed E-state index contributed by atoms with van der Waals surface area (Å²) >= 11 is 0. The second-order valence-electron chi connectivity index (χ2n) is 5.15. The van der Waals surface area contributed by atoms with Crippen molar-refractivity contribution in [3.05, 3.63) is 23.8 Å².